The van der Waals surface area contributed by atoms with Crippen LogP contribution in [0.1, 0.15) is 18.4 Å². The first-order valence-electron chi connectivity index (χ1n) is 10.4. The van der Waals surface area contributed by atoms with E-state index in [1.54, 1.807) is 12.3 Å². The van der Waals surface area contributed by atoms with Crippen molar-refractivity contribution in [1.82, 2.24) is 9.88 Å². The lowest BCUT2D eigenvalue weighted by atomic mass is 10.1. The van der Waals surface area contributed by atoms with Gasteiger partial charge in [0.2, 0.25) is 5.91 Å². The number of hydrogen-bond acceptors (Lipinski definition) is 6. The quantitative estimate of drug-likeness (QED) is 0.261. The van der Waals surface area contributed by atoms with Crippen LogP contribution < -0.4 is 4.74 Å². The van der Waals surface area contributed by atoms with Crippen molar-refractivity contribution in [2.45, 2.75) is 19.4 Å². The molecule has 5 rings (SSSR count). The van der Waals surface area contributed by atoms with Gasteiger partial charge in [0.1, 0.15) is 5.75 Å². The van der Waals surface area contributed by atoms with Gasteiger partial charge < -0.3 is 9.64 Å². The van der Waals surface area contributed by atoms with Gasteiger partial charge in [-0.05, 0) is 29.7 Å². The van der Waals surface area contributed by atoms with Gasteiger partial charge in [-0.1, -0.05) is 24.3 Å². The minimum Gasteiger partial charge on any atom is -0.453 e. The van der Waals surface area contributed by atoms with Gasteiger partial charge in [-0.15, -0.1) is 11.3 Å². The Morgan fingerprint density at radius 2 is 1.94 bits per heavy atom. The summed E-state index contributed by atoms with van der Waals surface area (Å²) in [7, 11) is 0. The molecule has 1 aliphatic heterocycles. The largest absolute Gasteiger partial charge is 0.453 e. The van der Waals surface area contributed by atoms with Crippen LogP contribution in [-0.4, -0.2) is 27.3 Å². The lowest BCUT2D eigenvalue weighted by Gasteiger charge is -2.15. The number of non-ortho nitro benzene ring substituents is 1. The summed E-state index contributed by atoms with van der Waals surface area (Å²) in [5.74, 6) is -0.276. The van der Waals surface area contributed by atoms with Crippen LogP contribution in [0.15, 0.2) is 60.8 Å². The number of carbonyl (C=O) groups excluding carboxylic acids is 1. The number of pyridine rings is 1. The Bertz CT molecular complexity index is 1370. The summed E-state index contributed by atoms with van der Waals surface area (Å²) in [5, 5.41) is 10.8. The zero-order valence-corrected chi connectivity index (χ0v) is 18.2. The van der Waals surface area contributed by atoms with E-state index in [0.29, 0.717) is 24.2 Å². The SMILES string of the molecule is O=C1CCCN1Cc1ccc(-c2cc3nccc(Oc4ccc([N+](=O)[O-])cc4F)c3s2)cc1. The Kier molecular flexibility index (Phi) is 5.47. The molecule has 2 aromatic carbocycles. The predicted octanol–water partition coefficient (Wildman–Crippen LogP) is 5.93. The molecule has 9 heteroatoms. The van der Waals surface area contributed by atoms with Crippen LogP contribution in [-0.2, 0) is 11.3 Å². The van der Waals surface area contributed by atoms with Gasteiger partial charge in [-0.2, -0.15) is 0 Å². The summed E-state index contributed by atoms with van der Waals surface area (Å²) < 4.78 is 20.8. The summed E-state index contributed by atoms with van der Waals surface area (Å²) in [4.78, 5) is 29.3. The molecule has 0 bridgehead atoms. The number of amides is 1. The highest BCUT2D eigenvalue weighted by molar-refractivity contribution is 7.22. The first kappa shape index (κ1) is 21.0. The number of nitro groups is 1. The summed E-state index contributed by atoms with van der Waals surface area (Å²) in [6.07, 6.45) is 3.12. The third-order valence-corrected chi connectivity index (χ3v) is 6.69. The van der Waals surface area contributed by atoms with E-state index in [1.807, 2.05) is 35.2 Å². The number of benzene rings is 2. The number of halogens is 1. The molecule has 1 aliphatic rings. The summed E-state index contributed by atoms with van der Waals surface area (Å²) in [6, 6.07) is 14.9. The third-order valence-electron chi connectivity index (χ3n) is 5.51. The number of nitro benzene ring substituents is 1. The van der Waals surface area contributed by atoms with Crippen molar-refractivity contribution >= 4 is 33.1 Å². The number of carbonyl (C=O) groups is 1. The second-order valence-corrected chi connectivity index (χ2v) is 8.78. The molecule has 0 atom stereocenters. The first-order chi connectivity index (χ1) is 16.0. The van der Waals surface area contributed by atoms with E-state index in [2.05, 4.69) is 4.98 Å². The van der Waals surface area contributed by atoms with Crippen LogP contribution in [0.2, 0.25) is 0 Å². The molecular weight excluding hydrogens is 445 g/mol. The highest BCUT2D eigenvalue weighted by Gasteiger charge is 2.20. The molecule has 0 spiro atoms. The van der Waals surface area contributed by atoms with Crippen molar-refractivity contribution in [2.75, 3.05) is 6.54 Å². The van der Waals surface area contributed by atoms with Crippen molar-refractivity contribution in [2.24, 2.45) is 0 Å². The second kappa shape index (κ2) is 8.59. The molecule has 33 heavy (non-hydrogen) atoms. The Morgan fingerprint density at radius 1 is 1.12 bits per heavy atom. The zero-order valence-electron chi connectivity index (χ0n) is 17.4. The molecule has 0 aliphatic carbocycles. The molecule has 0 N–H and O–H groups in total. The zero-order chi connectivity index (χ0) is 22.9. The smallest absolute Gasteiger partial charge is 0.272 e. The average Bonchev–Trinajstić information content (AvgIpc) is 3.42. The Morgan fingerprint density at radius 3 is 2.64 bits per heavy atom. The van der Waals surface area contributed by atoms with E-state index in [1.165, 1.54) is 23.5 Å². The maximum atomic E-state index is 14.3. The fraction of sp³-hybridized carbons (Fsp3) is 0.167. The first-order valence-corrected chi connectivity index (χ1v) is 11.2. The fourth-order valence-electron chi connectivity index (χ4n) is 3.81. The Labute approximate surface area is 192 Å². The van der Waals surface area contributed by atoms with Crippen molar-refractivity contribution in [1.29, 1.82) is 0 Å². The standard InChI is InChI=1S/C24H18FN3O4S/c25-18-12-17(28(30)31)7-8-20(18)32-21-9-10-26-19-13-22(33-24(19)21)16-5-3-15(4-6-16)14-27-11-1-2-23(27)29/h3-10,12-13H,1-2,11,14H2. The van der Waals surface area contributed by atoms with Gasteiger partial charge in [-0.25, -0.2) is 4.39 Å². The molecule has 4 aromatic rings. The summed E-state index contributed by atoms with van der Waals surface area (Å²) in [5.41, 5.74) is 2.45. The molecule has 0 radical (unpaired) electrons. The summed E-state index contributed by atoms with van der Waals surface area (Å²) in [6.45, 7) is 1.42. The van der Waals surface area contributed by atoms with Gasteiger partial charge in [0.15, 0.2) is 11.6 Å². The number of thiophene rings is 1. The monoisotopic (exact) mass is 463 g/mol. The second-order valence-electron chi connectivity index (χ2n) is 7.72. The van der Waals surface area contributed by atoms with Crippen LogP contribution in [0.5, 0.6) is 11.5 Å². The van der Waals surface area contributed by atoms with Crippen LogP contribution in [0, 0.1) is 15.9 Å². The van der Waals surface area contributed by atoms with E-state index in [0.717, 1.165) is 39.7 Å². The highest BCUT2D eigenvalue weighted by Crippen LogP contribution is 2.40. The maximum Gasteiger partial charge on any atom is 0.272 e. The molecule has 0 unspecified atom stereocenters. The maximum absolute atomic E-state index is 14.3. The molecular formula is C24H18FN3O4S. The molecule has 1 fully saturated rings. The normalized spacial score (nSPS) is 13.6. The van der Waals surface area contributed by atoms with Gasteiger partial charge in [-0.3, -0.25) is 19.9 Å². The number of ether oxygens (including phenoxy) is 1. The van der Waals surface area contributed by atoms with E-state index in [9.17, 15) is 19.3 Å². The van der Waals surface area contributed by atoms with Crippen molar-refractivity contribution in [3.63, 3.8) is 0 Å². The minimum absolute atomic E-state index is 0.0936. The van der Waals surface area contributed by atoms with Gasteiger partial charge >= 0.3 is 0 Å². The van der Waals surface area contributed by atoms with Crippen molar-refractivity contribution < 1.29 is 18.8 Å². The number of rotatable bonds is 6. The van der Waals surface area contributed by atoms with Crippen molar-refractivity contribution in [3.8, 4) is 21.9 Å². The summed E-state index contributed by atoms with van der Waals surface area (Å²) >= 11 is 1.47. The van der Waals surface area contributed by atoms with Gasteiger partial charge in [0.25, 0.3) is 5.69 Å². The third kappa shape index (κ3) is 4.27. The Hall–Kier alpha value is -3.85. The minimum atomic E-state index is -0.807. The molecule has 7 nitrogen and oxygen atoms in total. The number of nitrogens with zero attached hydrogens (tertiary/aromatic N) is 3. The van der Waals surface area contributed by atoms with Crippen LogP contribution in [0.3, 0.4) is 0 Å². The van der Waals surface area contributed by atoms with Crippen LogP contribution in [0.4, 0.5) is 10.1 Å². The number of aromatic nitrogens is 1. The van der Waals surface area contributed by atoms with Gasteiger partial charge in [0, 0.05) is 42.7 Å². The van der Waals surface area contributed by atoms with Gasteiger partial charge in [0.05, 0.1) is 21.2 Å². The number of hydrogen-bond donors (Lipinski definition) is 0. The molecule has 1 saturated heterocycles. The lowest BCUT2D eigenvalue weighted by molar-refractivity contribution is -0.385. The van der Waals surface area contributed by atoms with E-state index >= 15 is 0 Å². The number of likely N-dealkylation sites (tertiary alicyclic amines) is 1. The number of fused-ring (bicyclic) bond motifs is 1. The van der Waals surface area contributed by atoms with E-state index < -0.39 is 10.7 Å². The topological polar surface area (TPSA) is 85.6 Å². The molecule has 0 saturated carbocycles. The predicted molar refractivity (Wildman–Crippen MR) is 123 cm³/mol. The highest BCUT2D eigenvalue weighted by atomic mass is 32.1. The average molecular weight is 463 g/mol. The van der Waals surface area contributed by atoms with Crippen LogP contribution >= 0.6 is 11.3 Å². The van der Waals surface area contributed by atoms with E-state index in [-0.39, 0.29) is 17.3 Å². The molecule has 2 aromatic heterocycles. The van der Waals surface area contributed by atoms with Crippen LogP contribution in [0.25, 0.3) is 20.7 Å². The molecule has 3 heterocycles. The van der Waals surface area contributed by atoms with E-state index in [4.69, 9.17) is 4.74 Å². The lowest BCUT2D eigenvalue weighted by Crippen LogP contribution is -2.23. The molecule has 166 valence electrons. The fourth-order valence-corrected chi connectivity index (χ4v) is 4.88. The molecule has 1 amide bonds. The Balaban J connectivity index is 1.40. The van der Waals surface area contributed by atoms with Crippen molar-refractivity contribution in [3.05, 3.63) is 82.3 Å².